The third-order valence-electron chi connectivity index (χ3n) is 1.92. The van der Waals surface area contributed by atoms with Gasteiger partial charge in [0.15, 0.2) is 0 Å². The molecular weight excluding hydrogens is 203 g/mol. The quantitative estimate of drug-likeness (QED) is 0.745. The lowest BCUT2D eigenvalue weighted by atomic mass is 10.2. The molecule has 0 bridgehead atoms. The van der Waals surface area contributed by atoms with E-state index in [4.69, 9.17) is 11.6 Å². The Kier molecular flexibility index (Phi) is 2.50. The van der Waals surface area contributed by atoms with Crippen molar-refractivity contribution < 1.29 is 4.39 Å². The monoisotopic (exact) mass is 210 g/mol. The van der Waals surface area contributed by atoms with Crippen molar-refractivity contribution in [3.8, 4) is 0 Å². The first-order chi connectivity index (χ1) is 6.77. The minimum Gasteiger partial charge on any atom is -0.268 e. The number of aromatic nitrogens is 2. The van der Waals surface area contributed by atoms with Crippen LogP contribution < -0.4 is 0 Å². The molecule has 2 nitrogen and oxygen atoms in total. The molecule has 0 aliphatic carbocycles. The zero-order valence-corrected chi connectivity index (χ0v) is 8.08. The molecule has 0 saturated carbocycles. The normalized spacial score (nSPS) is 10.4. The predicted molar refractivity (Wildman–Crippen MR) is 52.7 cm³/mol. The Morgan fingerprint density at radius 3 is 2.93 bits per heavy atom. The predicted octanol–water partition coefficient (Wildman–Crippen LogP) is 2.72. The van der Waals surface area contributed by atoms with Crippen LogP contribution in [-0.2, 0) is 6.54 Å². The van der Waals surface area contributed by atoms with Gasteiger partial charge in [0.1, 0.15) is 5.82 Å². The van der Waals surface area contributed by atoms with Crippen molar-refractivity contribution in [1.29, 1.82) is 0 Å². The van der Waals surface area contributed by atoms with Gasteiger partial charge in [-0.05, 0) is 17.7 Å². The van der Waals surface area contributed by atoms with Crippen LogP contribution in [0.3, 0.4) is 0 Å². The van der Waals surface area contributed by atoms with Gasteiger partial charge in [-0.3, -0.25) is 4.68 Å². The first-order valence-corrected chi connectivity index (χ1v) is 4.55. The van der Waals surface area contributed by atoms with Gasteiger partial charge in [-0.25, -0.2) is 4.39 Å². The highest BCUT2D eigenvalue weighted by Crippen LogP contribution is 2.20. The van der Waals surface area contributed by atoms with Gasteiger partial charge in [0.25, 0.3) is 0 Å². The fraction of sp³-hybridized carbons (Fsp3) is 0.100. The first-order valence-electron chi connectivity index (χ1n) is 4.17. The Morgan fingerprint density at radius 2 is 2.21 bits per heavy atom. The summed E-state index contributed by atoms with van der Waals surface area (Å²) in [5, 5.41) is 4.19. The van der Waals surface area contributed by atoms with E-state index in [1.807, 2.05) is 6.07 Å². The Morgan fingerprint density at radius 1 is 1.36 bits per heavy atom. The molecule has 0 radical (unpaired) electrons. The van der Waals surface area contributed by atoms with Crippen LogP contribution in [0, 0.1) is 5.82 Å². The van der Waals surface area contributed by atoms with Crippen LogP contribution in [-0.4, -0.2) is 9.78 Å². The standard InChI is InChI=1S/C10H8ClFN2/c11-10-8(3-1-4-9(10)12)7-14-6-2-5-13-14/h1-6H,7H2. The van der Waals surface area contributed by atoms with Crippen LogP contribution in [0.25, 0.3) is 0 Å². The van der Waals surface area contributed by atoms with Gasteiger partial charge < -0.3 is 0 Å². The third-order valence-corrected chi connectivity index (χ3v) is 2.35. The maximum atomic E-state index is 13.0. The summed E-state index contributed by atoms with van der Waals surface area (Å²) in [5.74, 6) is -0.392. The molecule has 0 fully saturated rings. The summed E-state index contributed by atoms with van der Waals surface area (Å²) in [6.45, 7) is 0.490. The molecule has 0 aliphatic rings. The van der Waals surface area contributed by atoms with Crippen LogP contribution in [0.1, 0.15) is 5.56 Å². The molecule has 0 spiro atoms. The van der Waals surface area contributed by atoms with Crippen molar-refractivity contribution in [2.24, 2.45) is 0 Å². The second-order valence-electron chi connectivity index (χ2n) is 2.92. The van der Waals surface area contributed by atoms with Gasteiger partial charge in [0.05, 0.1) is 11.6 Å². The summed E-state index contributed by atoms with van der Waals surface area (Å²) in [4.78, 5) is 0. The van der Waals surface area contributed by atoms with Crippen molar-refractivity contribution in [2.75, 3.05) is 0 Å². The Labute approximate surface area is 85.9 Å². The first kappa shape index (κ1) is 9.21. The lowest BCUT2D eigenvalue weighted by Crippen LogP contribution is -2.01. The molecule has 1 aromatic heterocycles. The molecule has 2 aromatic rings. The van der Waals surface area contributed by atoms with Crippen LogP contribution in [0.2, 0.25) is 5.02 Å². The molecule has 1 heterocycles. The minimum absolute atomic E-state index is 0.169. The van der Waals surface area contributed by atoms with Crippen molar-refractivity contribution in [3.05, 3.63) is 53.1 Å². The molecule has 0 unspecified atom stereocenters. The fourth-order valence-electron chi connectivity index (χ4n) is 1.24. The molecule has 0 saturated heterocycles. The zero-order chi connectivity index (χ0) is 9.97. The lowest BCUT2D eigenvalue weighted by molar-refractivity contribution is 0.620. The number of hydrogen-bond donors (Lipinski definition) is 0. The average molecular weight is 211 g/mol. The molecule has 14 heavy (non-hydrogen) atoms. The minimum atomic E-state index is -0.392. The van der Waals surface area contributed by atoms with Crippen LogP contribution >= 0.6 is 11.6 Å². The van der Waals surface area contributed by atoms with E-state index in [2.05, 4.69) is 5.10 Å². The van der Waals surface area contributed by atoms with E-state index in [9.17, 15) is 4.39 Å². The molecule has 0 amide bonds. The number of nitrogens with zero attached hydrogens (tertiary/aromatic N) is 2. The molecule has 0 aliphatic heterocycles. The third kappa shape index (κ3) is 1.77. The SMILES string of the molecule is Fc1cccc(Cn2cccn2)c1Cl. The maximum Gasteiger partial charge on any atom is 0.142 e. The zero-order valence-electron chi connectivity index (χ0n) is 7.32. The van der Waals surface area contributed by atoms with E-state index in [0.29, 0.717) is 6.54 Å². The number of hydrogen-bond acceptors (Lipinski definition) is 1. The maximum absolute atomic E-state index is 13.0. The van der Waals surface area contributed by atoms with E-state index < -0.39 is 5.82 Å². The highest BCUT2D eigenvalue weighted by atomic mass is 35.5. The van der Waals surface area contributed by atoms with Crippen molar-refractivity contribution in [3.63, 3.8) is 0 Å². The van der Waals surface area contributed by atoms with Crippen molar-refractivity contribution >= 4 is 11.6 Å². The number of rotatable bonds is 2. The number of halogens is 2. The van der Waals surface area contributed by atoms with E-state index in [1.165, 1.54) is 6.07 Å². The van der Waals surface area contributed by atoms with E-state index in [0.717, 1.165) is 5.56 Å². The molecular formula is C10H8ClFN2. The molecule has 1 aromatic carbocycles. The Balaban J connectivity index is 2.29. The Bertz CT molecular complexity index is 426. The summed E-state index contributed by atoms with van der Waals surface area (Å²) >= 11 is 5.79. The highest BCUT2D eigenvalue weighted by Gasteiger charge is 2.05. The summed E-state index contributed by atoms with van der Waals surface area (Å²) in [6.07, 6.45) is 3.48. The van der Waals surface area contributed by atoms with Gasteiger partial charge in [0, 0.05) is 12.4 Å². The smallest absolute Gasteiger partial charge is 0.142 e. The van der Waals surface area contributed by atoms with Gasteiger partial charge in [-0.1, -0.05) is 23.7 Å². The molecule has 0 N–H and O–H groups in total. The summed E-state index contributed by atoms with van der Waals surface area (Å²) in [5.41, 5.74) is 0.732. The highest BCUT2D eigenvalue weighted by molar-refractivity contribution is 6.31. The largest absolute Gasteiger partial charge is 0.268 e. The van der Waals surface area contributed by atoms with Gasteiger partial charge >= 0.3 is 0 Å². The topological polar surface area (TPSA) is 17.8 Å². The molecule has 72 valence electrons. The second kappa shape index (κ2) is 3.80. The van der Waals surface area contributed by atoms with Gasteiger partial charge in [0.2, 0.25) is 0 Å². The van der Waals surface area contributed by atoms with Crippen LogP contribution in [0.4, 0.5) is 4.39 Å². The molecule has 0 atom stereocenters. The van der Waals surface area contributed by atoms with Crippen LogP contribution in [0.15, 0.2) is 36.7 Å². The van der Waals surface area contributed by atoms with Crippen molar-refractivity contribution in [2.45, 2.75) is 6.54 Å². The summed E-state index contributed by atoms with van der Waals surface area (Å²) in [6, 6.07) is 6.58. The number of benzene rings is 1. The summed E-state index contributed by atoms with van der Waals surface area (Å²) in [7, 11) is 0. The lowest BCUT2D eigenvalue weighted by Gasteiger charge is -2.04. The van der Waals surface area contributed by atoms with Gasteiger partial charge in [-0.15, -0.1) is 0 Å². The summed E-state index contributed by atoms with van der Waals surface area (Å²) < 4.78 is 14.7. The molecule has 4 heteroatoms. The van der Waals surface area contributed by atoms with E-state index in [-0.39, 0.29) is 5.02 Å². The van der Waals surface area contributed by atoms with E-state index in [1.54, 1.807) is 29.2 Å². The van der Waals surface area contributed by atoms with E-state index >= 15 is 0 Å². The second-order valence-corrected chi connectivity index (χ2v) is 3.29. The average Bonchev–Trinajstić information content (AvgIpc) is 2.66. The van der Waals surface area contributed by atoms with Gasteiger partial charge in [-0.2, -0.15) is 5.10 Å². The fourth-order valence-corrected chi connectivity index (χ4v) is 1.42. The van der Waals surface area contributed by atoms with Crippen molar-refractivity contribution in [1.82, 2.24) is 9.78 Å². The molecule has 2 rings (SSSR count). The van der Waals surface area contributed by atoms with Crippen LogP contribution in [0.5, 0.6) is 0 Å². The Hall–Kier alpha value is -1.35.